The van der Waals surface area contributed by atoms with Crippen LogP contribution in [0.5, 0.6) is 0 Å². The Morgan fingerprint density at radius 3 is 2.18 bits per heavy atom. The summed E-state index contributed by atoms with van der Waals surface area (Å²) in [4.78, 5) is 11.9. The van der Waals surface area contributed by atoms with Crippen LogP contribution in [-0.2, 0) is 19.0 Å². The molecule has 0 amide bonds. The van der Waals surface area contributed by atoms with Crippen molar-refractivity contribution in [3.63, 3.8) is 0 Å². The monoisotopic (exact) mass is 312 g/mol. The van der Waals surface area contributed by atoms with Crippen molar-refractivity contribution in [2.45, 2.75) is 46.8 Å². The summed E-state index contributed by atoms with van der Waals surface area (Å²) in [7, 11) is 3.35. The minimum Gasteiger partial charge on any atom is -0.465 e. The van der Waals surface area contributed by atoms with E-state index in [2.05, 4.69) is 13.5 Å². The first kappa shape index (κ1) is 20.9. The van der Waals surface area contributed by atoms with E-state index < -0.39 is 5.41 Å². The number of rotatable bonds is 9. The third-order valence-electron chi connectivity index (χ3n) is 3.67. The molecule has 0 aromatic rings. The molecule has 0 bridgehead atoms. The second-order valence-corrected chi connectivity index (χ2v) is 6.71. The Labute approximate surface area is 135 Å². The van der Waals surface area contributed by atoms with Crippen LogP contribution >= 0.6 is 0 Å². The zero-order chi connectivity index (χ0) is 17.3. The maximum absolute atomic E-state index is 11.9. The molecule has 0 rings (SSSR count). The Hall–Kier alpha value is -1.13. The van der Waals surface area contributed by atoms with Crippen molar-refractivity contribution in [1.82, 2.24) is 0 Å². The highest BCUT2D eigenvalue weighted by Gasteiger charge is 2.31. The Morgan fingerprint density at radius 2 is 1.77 bits per heavy atom. The Balaban J connectivity index is 4.75. The zero-order valence-corrected chi connectivity index (χ0v) is 15.1. The lowest BCUT2D eigenvalue weighted by atomic mass is 9.89. The van der Waals surface area contributed by atoms with Gasteiger partial charge in [-0.25, -0.2) is 0 Å². The van der Waals surface area contributed by atoms with Gasteiger partial charge in [-0.05, 0) is 20.8 Å². The van der Waals surface area contributed by atoms with Crippen molar-refractivity contribution in [3.05, 3.63) is 24.8 Å². The highest BCUT2D eigenvalue weighted by molar-refractivity contribution is 5.75. The molecule has 0 aliphatic rings. The summed E-state index contributed by atoms with van der Waals surface area (Å²) in [6.07, 6.45) is 5.38. The zero-order valence-electron chi connectivity index (χ0n) is 15.1. The molecular formula is C18H32O4. The van der Waals surface area contributed by atoms with E-state index in [1.54, 1.807) is 20.3 Å². The predicted octanol–water partition coefficient (Wildman–Crippen LogP) is 3.62. The molecule has 0 heterocycles. The van der Waals surface area contributed by atoms with Gasteiger partial charge in [-0.3, -0.25) is 4.79 Å². The number of hydrogen-bond acceptors (Lipinski definition) is 4. The molecule has 4 atom stereocenters. The summed E-state index contributed by atoms with van der Waals surface area (Å²) in [5.74, 6) is -0.00711. The van der Waals surface area contributed by atoms with E-state index in [1.807, 2.05) is 39.8 Å². The lowest BCUT2D eigenvalue weighted by Crippen LogP contribution is -2.38. The molecule has 4 heteroatoms. The summed E-state index contributed by atoms with van der Waals surface area (Å²) in [6.45, 7) is 13.6. The number of ether oxygens (including phenoxy) is 3. The standard InChI is InChI=1S/C18H32O4/c1-9-10-11-15(20-7)14(3)16(21-8)13(2)12-22-17(19)18(4,5)6/h9-11,13-16H,1,12H2,2-8H3/b11-10+/t13-,14-,15-,16-/m0/s1. The van der Waals surface area contributed by atoms with Gasteiger partial charge >= 0.3 is 5.97 Å². The maximum atomic E-state index is 11.9. The van der Waals surface area contributed by atoms with E-state index in [4.69, 9.17) is 14.2 Å². The molecule has 0 aromatic carbocycles. The largest absolute Gasteiger partial charge is 0.465 e. The van der Waals surface area contributed by atoms with Crippen molar-refractivity contribution in [2.24, 2.45) is 17.3 Å². The highest BCUT2D eigenvalue weighted by atomic mass is 16.5. The predicted molar refractivity (Wildman–Crippen MR) is 89.7 cm³/mol. The van der Waals surface area contributed by atoms with Gasteiger partial charge in [0.05, 0.1) is 24.2 Å². The smallest absolute Gasteiger partial charge is 0.311 e. The quantitative estimate of drug-likeness (QED) is 0.482. The topological polar surface area (TPSA) is 44.8 Å². The molecule has 0 unspecified atom stereocenters. The summed E-state index contributed by atoms with van der Waals surface area (Å²) < 4.78 is 16.5. The first-order chi connectivity index (χ1) is 10.2. The van der Waals surface area contributed by atoms with Crippen LogP contribution in [0.15, 0.2) is 24.8 Å². The van der Waals surface area contributed by atoms with Crippen molar-refractivity contribution >= 4 is 5.97 Å². The number of carbonyl (C=O) groups is 1. The minimum atomic E-state index is -0.490. The molecule has 0 saturated carbocycles. The Morgan fingerprint density at radius 1 is 1.18 bits per heavy atom. The highest BCUT2D eigenvalue weighted by Crippen LogP contribution is 2.24. The van der Waals surface area contributed by atoms with Crippen molar-refractivity contribution in [1.29, 1.82) is 0 Å². The molecule has 0 spiro atoms. The minimum absolute atomic E-state index is 0.0704. The van der Waals surface area contributed by atoms with Gasteiger partial charge < -0.3 is 14.2 Å². The fraction of sp³-hybridized carbons (Fsp3) is 0.722. The molecule has 0 N–H and O–H groups in total. The number of methoxy groups -OCH3 is 2. The third kappa shape index (κ3) is 6.75. The first-order valence-electron chi connectivity index (χ1n) is 7.71. The molecule has 0 aromatic heterocycles. The van der Waals surface area contributed by atoms with Gasteiger partial charge in [0.25, 0.3) is 0 Å². The maximum Gasteiger partial charge on any atom is 0.311 e. The second kappa shape index (κ2) is 9.80. The van der Waals surface area contributed by atoms with Crippen LogP contribution in [0, 0.1) is 17.3 Å². The van der Waals surface area contributed by atoms with Crippen LogP contribution in [-0.4, -0.2) is 39.0 Å². The number of allylic oxidation sites excluding steroid dienone is 2. The van der Waals surface area contributed by atoms with E-state index in [1.165, 1.54) is 0 Å². The summed E-state index contributed by atoms with van der Waals surface area (Å²) in [5, 5.41) is 0. The van der Waals surface area contributed by atoms with E-state index in [-0.39, 0.29) is 30.0 Å². The van der Waals surface area contributed by atoms with Crippen LogP contribution in [0.2, 0.25) is 0 Å². The average molecular weight is 312 g/mol. The van der Waals surface area contributed by atoms with Gasteiger partial charge in [0.1, 0.15) is 0 Å². The number of esters is 1. The molecule has 22 heavy (non-hydrogen) atoms. The van der Waals surface area contributed by atoms with Gasteiger partial charge in [0, 0.05) is 26.1 Å². The van der Waals surface area contributed by atoms with Crippen molar-refractivity contribution in [3.8, 4) is 0 Å². The van der Waals surface area contributed by atoms with Crippen LogP contribution in [0.3, 0.4) is 0 Å². The number of carbonyl (C=O) groups excluding carboxylic acids is 1. The van der Waals surface area contributed by atoms with E-state index >= 15 is 0 Å². The summed E-state index contributed by atoms with van der Waals surface area (Å²) in [5.41, 5.74) is -0.490. The molecule has 128 valence electrons. The molecule has 0 saturated heterocycles. The van der Waals surface area contributed by atoms with Gasteiger partial charge in [0.15, 0.2) is 0 Å². The first-order valence-corrected chi connectivity index (χ1v) is 7.71. The molecule has 0 radical (unpaired) electrons. The molecular weight excluding hydrogens is 280 g/mol. The van der Waals surface area contributed by atoms with Gasteiger partial charge in [-0.1, -0.05) is 38.7 Å². The lowest BCUT2D eigenvalue weighted by molar-refractivity contribution is -0.156. The van der Waals surface area contributed by atoms with Gasteiger partial charge in [-0.2, -0.15) is 0 Å². The van der Waals surface area contributed by atoms with Crippen LogP contribution in [0.25, 0.3) is 0 Å². The van der Waals surface area contributed by atoms with Gasteiger partial charge in [0.2, 0.25) is 0 Å². The fourth-order valence-electron chi connectivity index (χ4n) is 2.33. The van der Waals surface area contributed by atoms with E-state index in [0.717, 1.165) is 0 Å². The van der Waals surface area contributed by atoms with Crippen LogP contribution in [0.4, 0.5) is 0 Å². The van der Waals surface area contributed by atoms with E-state index in [0.29, 0.717) is 6.61 Å². The average Bonchev–Trinajstić information content (AvgIpc) is 2.45. The normalized spacial score (nSPS) is 17.8. The van der Waals surface area contributed by atoms with Crippen LogP contribution < -0.4 is 0 Å². The number of hydrogen-bond donors (Lipinski definition) is 0. The summed E-state index contributed by atoms with van der Waals surface area (Å²) in [6, 6.07) is 0. The third-order valence-corrected chi connectivity index (χ3v) is 3.67. The lowest BCUT2D eigenvalue weighted by Gasteiger charge is -2.32. The molecule has 0 aliphatic carbocycles. The molecule has 0 fully saturated rings. The Bertz CT molecular complexity index is 368. The molecule has 0 aliphatic heterocycles. The molecule has 4 nitrogen and oxygen atoms in total. The van der Waals surface area contributed by atoms with Gasteiger partial charge in [-0.15, -0.1) is 0 Å². The van der Waals surface area contributed by atoms with Crippen molar-refractivity contribution < 1.29 is 19.0 Å². The van der Waals surface area contributed by atoms with Crippen molar-refractivity contribution in [2.75, 3.05) is 20.8 Å². The van der Waals surface area contributed by atoms with E-state index in [9.17, 15) is 4.79 Å². The fourth-order valence-corrected chi connectivity index (χ4v) is 2.33. The Kier molecular flexibility index (Phi) is 9.30. The second-order valence-electron chi connectivity index (χ2n) is 6.71. The van der Waals surface area contributed by atoms with Crippen LogP contribution in [0.1, 0.15) is 34.6 Å². The summed E-state index contributed by atoms with van der Waals surface area (Å²) >= 11 is 0. The SMILES string of the molecule is C=C/C=C/[C@H](OC)[C@H](C)[C@@H](OC)[C@@H](C)COC(=O)C(C)(C)C.